The molecule has 4 atom stereocenters. The van der Waals surface area contributed by atoms with Gasteiger partial charge in [0.25, 0.3) is 0 Å². The van der Waals surface area contributed by atoms with E-state index >= 15 is 0 Å². The number of rotatable bonds is 22. The van der Waals surface area contributed by atoms with E-state index in [4.69, 9.17) is 0 Å². The molecule has 4 unspecified atom stereocenters. The molecule has 0 aliphatic carbocycles. The zero-order valence-corrected chi connectivity index (χ0v) is 27.5. The summed E-state index contributed by atoms with van der Waals surface area (Å²) in [5, 5.41) is 4.53. The molecule has 0 bridgehead atoms. The van der Waals surface area contributed by atoms with Crippen LogP contribution in [0.4, 0.5) is 0 Å². The number of unbranched alkanes of at least 4 members (excludes halogenated alkanes) is 5. The Morgan fingerprint density at radius 2 is 1.44 bits per heavy atom. The highest BCUT2D eigenvalue weighted by Gasteiger charge is 2.29. The van der Waals surface area contributed by atoms with Crippen molar-refractivity contribution in [1.82, 2.24) is 4.90 Å². The molecule has 1 aliphatic rings. The zero-order valence-electron chi connectivity index (χ0n) is 25.8. The molecule has 220 valence electrons. The van der Waals surface area contributed by atoms with Crippen LogP contribution in [0.25, 0.3) is 5.57 Å². The van der Waals surface area contributed by atoms with E-state index in [0.717, 1.165) is 17.8 Å². The Balaban J connectivity index is 1.62. The lowest BCUT2D eigenvalue weighted by atomic mass is 9.83. The van der Waals surface area contributed by atoms with Crippen molar-refractivity contribution in [2.75, 3.05) is 13.1 Å². The van der Waals surface area contributed by atoms with Gasteiger partial charge in [0.2, 0.25) is 0 Å². The lowest BCUT2D eigenvalue weighted by Crippen LogP contribution is -2.26. The first-order valence-corrected chi connectivity index (χ1v) is 18.5. The van der Waals surface area contributed by atoms with Gasteiger partial charge in [0.15, 0.2) is 0 Å². The van der Waals surface area contributed by atoms with Gasteiger partial charge < -0.3 is 4.90 Å². The van der Waals surface area contributed by atoms with Crippen molar-refractivity contribution >= 4 is 28.2 Å². The van der Waals surface area contributed by atoms with Crippen LogP contribution in [0.15, 0.2) is 41.2 Å². The monoisotopic (exact) mass is 569 g/mol. The SMILES string of the molecule is CCCCCCC(CCCC)CN1C=C(c2cccs2)C(CC(CCCC)CCCC(CC)c2cccs2)C1. The van der Waals surface area contributed by atoms with Gasteiger partial charge in [0, 0.05) is 35.0 Å². The predicted molar refractivity (Wildman–Crippen MR) is 178 cm³/mol. The minimum Gasteiger partial charge on any atom is -0.376 e. The highest BCUT2D eigenvalue weighted by molar-refractivity contribution is 7.11. The molecule has 0 spiro atoms. The standard InChI is InChI=1S/C36H59NS2/c1-5-9-12-13-19-31(18-11-7-3)27-37-28-33(34(29-37)36-23-16-25-39-36)26-30(17-10-6-2)20-14-21-32(8-4)35-22-15-24-38-35/h15-16,22-25,29-33H,5-14,17-21,26-28H2,1-4H3. The van der Waals surface area contributed by atoms with Crippen LogP contribution in [0.1, 0.15) is 146 Å². The van der Waals surface area contributed by atoms with Crippen molar-refractivity contribution in [2.24, 2.45) is 17.8 Å². The highest BCUT2D eigenvalue weighted by Crippen LogP contribution is 2.40. The van der Waals surface area contributed by atoms with Crippen molar-refractivity contribution in [3.05, 3.63) is 51.0 Å². The maximum atomic E-state index is 2.75. The van der Waals surface area contributed by atoms with Gasteiger partial charge in [-0.05, 0) is 78.3 Å². The van der Waals surface area contributed by atoms with Gasteiger partial charge in [-0.25, -0.2) is 0 Å². The summed E-state index contributed by atoms with van der Waals surface area (Å²) in [4.78, 5) is 5.87. The van der Waals surface area contributed by atoms with Gasteiger partial charge in [-0.15, -0.1) is 22.7 Å². The van der Waals surface area contributed by atoms with E-state index in [1.807, 2.05) is 22.7 Å². The normalized spacial score (nSPS) is 17.9. The Morgan fingerprint density at radius 1 is 0.744 bits per heavy atom. The minimum absolute atomic E-state index is 0.705. The average Bonchev–Trinajstić information content (AvgIpc) is 3.73. The van der Waals surface area contributed by atoms with Crippen molar-refractivity contribution in [3.8, 4) is 0 Å². The first-order valence-electron chi connectivity index (χ1n) is 16.7. The van der Waals surface area contributed by atoms with Gasteiger partial charge in [0.1, 0.15) is 0 Å². The molecule has 0 N–H and O–H groups in total. The number of hydrogen-bond donors (Lipinski definition) is 0. The summed E-state index contributed by atoms with van der Waals surface area (Å²) in [5.74, 6) is 3.19. The summed E-state index contributed by atoms with van der Waals surface area (Å²) in [6.45, 7) is 12.0. The van der Waals surface area contributed by atoms with Crippen LogP contribution in [0.3, 0.4) is 0 Å². The molecule has 39 heavy (non-hydrogen) atoms. The molecular formula is C36H59NS2. The van der Waals surface area contributed by atoms with Gasteiger partial charge in [-0.2, -0.15) is 0 Å². The maximum absolute atomic E-state index is 2.75. The first kappa shape index (κ1) is 32.5. The van der Waals surface area contributed by atoms with E-state index in [9.17, 15) is 0 Å². The van der Waals surface area contributed by atoms with E-state index in [1.165, 1.54) is 121 Å². The molecule has 0 fully saturated rings. The third-order valence-corrected chi connectivity index (χ3v) is 11.1. The van der Waals surface area contributed by atoms with Crippen LogP contribution in [0.5, 0.6) is 0 Å². The smallest absolute Gasteiger partial charge is 0.0320 e. The van der Waals surface area contributed by atoms with Gasteiger partial charge in [-0.1, -0.05) is 110 Å². The Hall–Kier alpha value is -1.06. The van der Waals surface area contributed by atoms with Crippen LogP contribution in [-0.4, -0.2) is 18.0 Å². The molecule has 3 heterocycles. The highest BCUT2D eigenvalue weighted by atomic mass is 32.1. The van der Waals surface area contributed by atoms with Crippen molar-refractivity contribution in [1.29, 1.82) is 0 Å². The second-order valence-corrected chi connectivity index (χ2v) is 14.3. The average molecular weight is 570 g/mol. The van der Waals surface area contributed by atoms with Crippen LogP contribution in [0, 0.1) is 17.8 Å². The lowest BCUT2D eigenvalue weighted by Gasteiger charge is -2.27. The summed E-state index contributed by atoms with van der Waals surface area (Å²) in [5.41, 5.74) is 1.65. The lowest BCUT2D eigenvalue weighted by molar-refractivity contribution is 0.258. The number of nitrogens with zero attached hydrogens (tertiary/aromatic N) is 1. The topological polar surface area (TPSA) is 3.24 Å². The summed E-state index contributed by atoms with van der Waals surface area (Å²) >= 11 is 3.91. The Kier molecular flexibility index (Phi) is 15.9. The molecule has 0 aromatic carbocycles. The van der Waals surface area contributed by atoms with Crippen LogP contribution in [-0.2, 0) is 0 Å². The van der Waals surface area contributed by atoms with E-state index in [0.29, 0.717) is 5.92 Å². The Labute approximate surface area is 250 Å². The third-order valence-electron chi connectivity index (χ3n) is 9.13. The molecular weight excluding hydrogens is 511 g/mol. The first-order chi connectivity index (χ1) is 19.2. The Morgan fingerprint density at radius 3 is 2.10 bits per heavy atom. The second-order valence-electron chi connectivity index (χ2n) is 12.4. The fourth-order valence-electron chi connectivity index (χ4n) is 6.78. The van der Waals surface area contributed by atoms with Gasteiger partial charge in [0.05, 0.1) is 0 Å². The Bertz CT molecular complexity index is 868. The quantitative estimate of drug-likeness (QED) is 0.127. The van der Waals surface area contributed by atoms with Crippen LogP contribution >= 0.6 is 22.7 Å². The molecule has 2 aromatic heterocycles. The van der Waals surface area contributed by atoms with Crippen molar-refractivity contribution < 1.29 is 0 Å². The molecule has 0 saturated carbocycles. The molecule has 2 aromatic rings. The molecule has 0 radical (unpaired) electrons. The van der Waals surface area contributed by atoms with E-state index in [1.54, 1.807) is 10.5 Å². The second kappa shape index (κ2) is 19.1. The van der Waals surface area contributed by atoms with Crippen LogP contribution in [0.2, 0.25) is 0 Å². The van der Waals surface area contributed by atoms with Crippen LogP contribution < -0.4 is 0 Å². The van der Waals surface area contributed by atoms with Gasteiger partial charge in [-0.3, -0.25) is 0 Å². The number of thiophene rings is 2. The van der Waals surface area contributed by atoms with E-state index < -0.39 is 0 Å². The maximum Gasteiger partial charge on any atom is 0.0320 e. The minimum atomic E-state index is 0.705. The molecule has 3 heteroatoms. The predicted octanol–water partition coefficient (Wildman–Crippen LogP) is 12.4. The largest absolute Gasteiger partial charge is 0.376 e. The fourth-order valence-corrected chi connectivity index (χ4v) is 8.55. The summed E-state index contributed by atoms with van der Waals surface area (Å²) in [6.07, 6.45) is 24.7. The molecule has 1 nitrogen and oxygen atoms in total. The number of hydrogen-bond acceptors (Lipinski definition) is 3. The summed E-state index contributed by atoms with van der Waals surface area (Å²) in [7, 11) is 0. The van der Waals surface area contributed by atoms with Crippen molar-refractivity contribution in [2.45, 2.75) is 136 Å². The molecule has 1 aliphatic heterocycles. The van der Waals surface area contributed by atoms with Crippen molar-refractivity contribution in [3.63, 3.8) is 0 Å². The molecule has 0 saturated heterocycles. The van der Waals surface area contributed by atoms with E-state index in [-0.39, 0.29) is 0 Å². The molecule has 0 amide bonds. The van der Waals surface area contributed by atoms with Gasteiger partial charge >= 0.3 is 0 Å². The zero-order chi connectivity index (χ0) is 27.7. The van der Waals surface area contributed by atoms with E-state index in [2.05, 4.69) is 73.8 Å². The fraction of sp³-hybridized carbons (Fsp3) is 0.722. The third kappa shape index (κ3) is 11.4. The summed E-state index contributed by atoms with van der Waals surface area (Å²) < 4.78 is 0. The molecule has 3 rings (SSSR count). The summed E-state index contributed by atoms with van der Waals surface area (Å²) in [6, 6.07) is 9.22.